The molecule has 58 valence electrons. The third-order valence-corrected chi connectivity index (χ3v) is 7.51. The number of hydrogen-bond acceptors (Lipinski definition) is 5. The van der Waals surface area contributed by atoms with Gasteiger partial charge in [0.15, 0.2) is 5.91 Å². The lowest BCUT2D eigenvalue weighted by Gasteiger charge is -2.15. The maximum absolute atomic E-state index is 10.2. The SMILES string of the molecule is O=C[SiH]1O[SiH2]O[SiH2]O[SiH2]O1. The molecule has 0 aromatic rings. The minimum atomic E-state index is -1.96. The number of carbonyl (C=O) groups is 1. The van der Waals surface area contributed by atoms with Crippen LogP contribution in [0.1, 0.15) is 0 Å². The molecule has 0 aliphatic carbocycles. The Kier molecular flexibility index (Phi) is 4.31. The standard InChI is InChI=1S/CH8O5Si4/c2-1-10-5-8-3-7-4-9-6-10/h1,10H,7-9H2. The fraction of sp³-hybridized carbons (Fsp3) is 0. The first-order valence-corrected chi connectivity index (χ1v) is 7.85. The monoisotopic (exact) mass is 212 g/mol. The quantitative estimate of drug-likeness (QED) is 0.328. The van der Waals surface area contributed by atoms with E-state index in [1.54, 1.807) is 0 Å². The van der Waals surface area contributed by atoms with Gasteiger partial charge in [-0.15, -0.1) is 0 Å². The number of hydrogen-bond donors (Lipinski definition) is 0. The van der Waals surface area contributed by atoms with Crippen molar-refractivity contribution in [2.45, 2.75) is 0 Å². The minimum absolute atomic E-state index is 0.763. The largest absolute Gasteiger partial charge is 0.425 e. The third kappa shape index (κ3) is 2.98. The van der Waals surface area contributed by atoms with Crippen LogP contribution in [0.15, 0.2) is 0 Å². The fourth-order valence-electron chi connectivity index (χ4n) is 0.484. The topological polar surface area (TPSA) is 54.0 Å². The van der Waals surface area contributed by atoms with Gasteiger partial charge in [0.2, 0.25) is 0 Å². The van der Waals surface area contributed by atoms with Crippen LogP contribution in [0.2, 0.25) is 0 Å². The van der Waals surface area contributed by atoms with E-state index >= 15 is 0 Å². The van der Waals surface area contributed by atoms with E-state index in [9.17, 15) is 4.79 Å². The molecule has 0 bridgehead atoms. The Labute approximate surface area is 67.0 Å². The average Bonchev–Trinajstić information content (AvgIpc) is 1.87. The maximum atomic E-state index is 10.2. The van der Waals surface area contributed by atoms with Gasteiger partial charge in [0.1, 0.15) is 0 Å². The summed E-state index contributed by atoms with van der Waals surface area (Å²) in [4.78, 5) is 10.2. The Bertz CT molecular complexity index is 99.8. The molecule has 0 aromatic carbocycles. The molecule has 1 rings (SSSR count). The van der Waals surface area contributed by atoms with E-state index in [4.69, 9.17) is 16.5 Å². The van der Waals surface area contributed by atoms with E-state index in [-0.39, 0.29) is 0 Å². The molecule has 0 unspecified atom stereocenters. The molecule has 0 N–H and O–H groups in total. The highest BCUT2D eigenvalue weighted by Gasteiger charge is 2.13. The van der Waals surface area contributed by atoms with Gasteiger partial charge in [-0.3, -0.25) is 0 Å². The maximum Gasteiger partial charge on any atom is 0.372 e. The van der Waals surface area contributed by atoms with Gasteiger partial charge >= 0.3 is 9.28 Å². The minimum Gasteiger partial charge on any atom is -0.425 e. The van der Waals surface area contributed by atoms with Crippen molar-refractivity contribution >= 4 is 45.2 Å². The van der Waals surface area contributed by atoms with Gasteiger partial charge in [-0.2, -0.15) is 0 Å². The van der Waals surface area contributed by atoms with Crippen molar-refractivity contribution in [2.24, 2.45) is 0 Å². The molecule has 0 radical (unpaired) electrons. The Balaban J connectivity index is 2.22. The zero-order valence-corrected chi connectivity index (χ0v) is 10.7. The van der Waals surface area contributed by atoms with Crippen LogP contribution < -0.4 is 0 Å². The molecule has 0 saturated carbocycles. The van der Waals surface area contributed by atoms with Crippen LogP contribution in [0, 0.1) is 0 Å². The molecule has 5 nitrogen and oxygen atoms in total. The van der Waals surface area contributed by atoms with Crippen LogP contribution >= 0.6 is 0 Å². The van der Waals surface area contributed by atoms with Gasteiger partial charge < -0.3 is 21.3 Å². The summed E-state index contributed by atoms with van der Waals surface area (Å²) < 4.78 is 20.3. The van der Waals surface area contributed by atoms with E-state index in [1.807, 2.05) is 0 Å². The Morgan fingerprint density at radius 2 is 1.70 bits per heavy atom. The summed E-state index contributed by atoms with van der Waals surface area (Å²) >= 11 is 0. The van der Waals surface area contributed by atoms with E-state index < -0.39 is 39.3 Å². The second-order valence-corrected chi connectivity index (χ2v) is 9.25. The van der Waals surface area contributed by atoms with Crippen LogP contribution in [0.5, 0.6) is 0 Å². The van der Waals surface area contributed by atoms with Crippen molar-refractivity contribution in [1.82, 2.24) is 0 Å². The zero-order valence-electron chi connectivity index (χ0n) is 5.32. The molecule has 0 atom stereocenters. The van der Waals surface area contributed by atoms with Crippen molar-refractivity contribution < 1.29 is 21.3 Å². The van der Waals surface area contributed by atoms with Crippen molar-refractivity contribution in [3.8, 4) is 0 Å². The Morgan fingerprint density at radius 1 is 1.10 bits per heavy atom. The summed E-state index contributed by atoms with van der Waals surface area (Å²) in [7, 11) is -4.65. The van der Waals surface area contributed by atoms with Crippen LogP contribution in [-0.4, -0.2) is 45.2 Å². The summed E-state index contributed by atoms with van der Waals surface area (Å²) in [6, 6.07) is 0. The molecule has 9 heteroatoms. The van der Waals surface area contributed by atoms with E-state index in [0.29, 0.717) is 0 Å². The lowest BCUT2D eigenvalue weighted by Crippen LogP contribution is -2.34. The third-order valence-electron chi connectivity index (χ3n) is 0.909. The molecule has 0 amide bonds. The summed E-state index contributed by atoms with van der Waals surface area (Å²) in [5.41, 5.74) is 0. The van der Waals surface area contributed by atoms with Crippen LogP contribution in [0.25, 0.3) is 0 Å². The second kappa shape index (κ2) is 5.08. The van der Waals surface area contributed by atoms with Crippen LogP contribution in [0.3, 0.4) is 0 Å². The highest BCUT2D eigenvalue weighted by Crippen LogP contribution is 1.87. The number of carbonyl (C=O) groups excluding carboxylic acids is 1. The average molecular weight is 212 g/mol. The van der Waals surface area contributed by atoms with Crippen molar-refractivity contribution in [3.05, 3.63) is 0 Å². The molecular formula is CH8O5Si4. The lowest BCUT2D eigenvalue weighted by atomic mass is 11.8. The molecule has 1 saturated heterocycles. The van der Waals surface area contributed by atoms with Gasteiger partial charge in [-0.25, -0.2) is 0 Å². The van der Waals surface area contributed by atoms with Gasteiger partial charge in [-0.1, -0.05) is 0 Å². The van der Waals surface area contributed by atoms with E-state index in [0.717, 1.165) is 5.91 Å². The molecule has 1 fully saturated rings. The highest BCUT2D eigenvalue weighted by molar-refractivity contribution is 6.80. The predicted octanol–water partition coefficient (Wildman–Crippen LogP) is -3.94. The fourth-order valence-corrected chi connectivity index (χ4v) is 8.01. The Morgan fingerprint density at radius 3 is 2.20 bits per heavy atom. The summed E-state index contributed by atoms with van der Waals surface area (Å²) in [5.74, 6) is 0.763. The predicted molar refractivity (Wildman–Crippen MR) is 43.9 cm³/mol. The van der Waals surface area contributed by atoms with Crippen molar-refractivity contribution in [2.75, 3.05) is 0 Å². The molecule has 10 heavy (non-hydrogen) atoms. The van der Waals surface area contributed by atoms with Crippen LogP contribution in [-0.2, 0) is 21.3 Å². The van der Waals surface area contributed by atoms with Gasteiger partial charge in [-0.05, 0) is 0 Å². The second-order valence-electron chi connectivity index (χ2n) is 1.60. The van der Waals surface area contributed by atoms with Gasteiger partial charge in [0.05, 0.1) is 0 Å². The molecule has 1 heterocycles. The van der Waals surface area contributed by atoms with Gasteiger partial charge in [0, 0.05) is 0 Å². The smallest absolute Gasteiger partial charge is 0.372 e. The van der Waals surface area contributed by atoms with Gasteiger partial charge in [0.25, 0.3) is 30.0 Å². The van der Waals surface area contributed by atoms with E-state index in [2.05, 4.69) is 0 Å². The first-order chi connectivity index (χ1) is 4.93. The normalized spacial score (nSPS) is 35.8. The summed E-state index contributed by atoms with van der Waals surface area (Å²) in [6.45, 7) is 0. The lowest BCUT2D eigenvalue weighted by molar-refractivity contribution is 0.337. The Hall–Kier alpha value is 0.378. The van der Waals surface area contributed by atoms with Crippen LogP contribution in [0.4, 0.5) is 0 Å². The molecule has 0 spiro atoms. The molecule has 0 aromatic heterocycles. The first kappa shape index (κ1) is 8.47. The molecule has 1 aliphatic heterocycles. The first-order valence-electron chi connectivity index (χ1n) is 2.77. The molecular weight excluding hydrogens is 204 g/mol. The van der Waals surface area contributed by atoms with Crippen molar-refractivity contribution in [3.63, 3.8) is 0 Å². The number of rotatable bonds is 1. The molecule has 1 aliphatic rings. The highest BCUT2D eigenvalue weighted by atomic mass is 28.4. The van der Waals surface area contributed by atoms with E-state index in [1.165, 1.54) is 0 Å². The van der Waals surface area contributed by atoms with Crippen molar-refractivity contribution in [1.29, 1.82) is 0 Å². The summed E-state index contributed by atoms with van der Waals surface area (Å²) in [5, 5.41) is 0. The zero-order chi connectivity index (χ0) is 7.23. The summed E-state index contributed by atoms with van der Waals surface area (Å²) in [6.07, 6.45) is 0.